The number of quaternary nitrogens is 1. The van der Waals surface area contributed by atoms with Crippen LogP contribution < -0.4 is 21.3 Å². The molecule has 1 aromatic heterocycles. The Morgan fingerprint density at radius 1 is 1.33 bits per heavy atom. The van der Waals surface area contributed by atoms with Gasteiger partial charge in [0.15, 0.2) is 0 Å². The highest BCUT2D eigenvalue weighted by Gasteiger charge is 2.22. The highest BCUT2D eigenvalue weighted by Crippen LogP contribution is 2.28. The number of aromatic nitrogens is 2. The van der Waals surface area contributed by atoms with E-state index in [1.807, 2.05) is 0 Å². The van der Waals surface area contributed by atoms with E-state index < -0.39 is 4.92 Å². The van der Waals surface area contributed by atoms with Gasteiger partial charge >= 0.3 is 5.69 Å². The van der Waals surface area contributed by atoms with Crippen LogP contribution in [0.25, 0.3) is 0 Å². The van der Waals surface area contributed by atoms with Crippen LogP contribution in [0, 0.1) is 10.1 Å². The van der Waals surface area contributed by atoms with E-state index in [0.717, 1.165) is 13.0 Å². The predicted octanol–water partition coefficient (Wildman–Crippen LogP) is -1.68. The lowest BCUT2D eigenvalue weighted by Crippen LogP contribution is -3.05. The maximum Gasteiger partial charge on any atom is 0.353 e. The number of aliphatic hydroxyl groups is 1. The van der Waals surface area contributed by atoms with Crippen molar-refractivity contribution in [1.29, 1.82) is 0 Å². The smallest absolute Gasteiger partial charge is 0.353 e. The molecule has 21 heavy (non-hydrogen) atoms. The van der Waals surface area contributed by atoms with E-state index in [4.69, 9.17) is 10.8 Å². The first-order valence-corrected chi connectivity index (χ1v) is 6.65. The Balaban J connectivity index is 2.81. The summed E-state index contributed by atoms with van der Waals surface area (Å²) >= 11 is 0. The van der Waals surface area contributed by atoms with Crippen molar-refractivity contribution in [3.63, 3.8) is 0 Å². The van der Waals surface area contributed by atoms with Crippen LogP contribution in [0.4, 0.5) is 23.3 Å². The number of anilines is 3. The Kier molecular flexibility index (Phi) is 6.56. The second-order valence-corrected chi connectivity index (χ2v) is 4.77. The third-order valence-electron chi connectivity index (χ3n) is 2.63. The van der Waals surface area contributed by atoms with Gasteiger partial charge in [-0.05, 0) is 0 Å². The van der Waals surface area contributed by atoms with Gasteiger partial charge in [0.05, 0.1) is 32.2 Å². The molecule has 0 aromatic carbocycles. The summed E-state index contributed by atoms with van der Waals surface area (Å²) < 4.78 is 0. The predicted molar refractivity (Wildman–Crippen MR) is 79.5 cm³/mol. The lowest BCUT2D eigenvalue weighted by Gasteiger charge is -2.10. The number of aliphatic hydroxyl groups excluding tert-OH is 1. The van der Waals surface area contributed by atoms with Crippen molar-refractivity contribution in [2.75, 3.05) is 56.7 Å². The molecule has 0 saturated heterocycles. The van der Waals surface area contributed by atoms with Gasteiger partial charge < -0.3 is 26.4 Å². The summed E-state index contributed by atoms with van der Waals surface area (Å²) in [6.45, 7) is 1.59. The van der Waals surface area contributed by atoms with Gasteiger partial charge in [-0.2, -0.15) is 9.97 Å². The van der Waals surface area contributed by atoms with Crippen LogP contribution in [0.3, 0.4) is 0 Å². The average molecular weight is 300 g/mol. The summed E-state index contributed by atoms with van der Waals surface area (Å²) in [7, 11) is 4.11. The Labute approximate surface area is 122 Å². The largest absolute Gasteiger partial charge is 0.395 e. The molecule has 0 aliphatic carbocycles. The number of rotatable bonds is 9. The molecule has 1 rings (SSSR count). The van der Waals surface area contributed by atoms with E-state index in [-0.39, 0.29) is 36.4 Å². The Morgan fingerprint density at radius 2 is 2.05 bits per heavy atom. The number of nitrogens with zero attached hydrogens (tertiary/aromatic N) is 3. The van der Waals surface area contributed by atoms with Crippen molar-refractivity contribution in [1.82, 2.24) is 9.97 Å². The zero-order valence-corrected chi connectivity index (χ0v) is 12.2. The number of nitrogen functional groups attached to an aromatic ring is 1. The van der Waals surface area contributed by atoms with Crippen LogP contribution in [0.2, 0.25) is 0 Å². The number of nitro groups is 1. The van der Waals surface area contributed by atoms with E-state index >= 15 is 0 Å². The van der Waals surface area contributed by atoms with Crippen molar-refractivity contribution in [3.8, 4) is 0 Å². The monoisotopic (exact) mass is 300 g/mol. The van der Waals surface area contributed by atoms with E-state index in [9.17, 15) is 10.1 Å². The zero-order chi connectivity index (χ0) is 15.8. The fourth-order valence-corrected chi connectivity index (χ4v) is 1.67. The van der Waals surface area contributed by atoms with Gasteiger partial charge in [-0.25, -0.2) is 0 Å². The number of hydrogen-bond donors (Lipinski definition) is 5. The van der Waals surface area contributed by atoms with Gasteiger partial charge in [0.25, 0.3) is 0 Å². The van der Waals surface area contributed by atoms with Gasteiger partial charge in [-0.3, -0.25) is 10.1 Å². The highest BCUT2D eigenvalue weighted by molar-refractivity contribution is 5.69. The molecule has 0 aliphatic heterocycles. The SMILES string of the molecule is C[NH+](C)CCCNc1nc(N)c([N+](=O)[O-])c(NCCO)n1. The van der Waals surface area contributed by atoms with E-state index in [1.165, 1.54) is 4.90 Å². The van der Waals surface area contributed by atoms with E-state index in [1.54, 1.807) is 0 Å². The molecular formula is C11H22N7O3+. The first-order valence-electron chi connectivity index (χ1n) is 6.65. The van der Waals surface area contributed by atoms with Crippen molar-refractivity contribution in [3.05, 3.63) is 10.1 Å². The molecule has 0 radical (unpaired) electrons. The van der Waals surface area contributed by atoms with Crippen LogP contribution in [-0.2, 0) is 0 Å². The molecule has 0 saturated carbocycles. The van der Waals surface area contributed by atoms with Gasteiger partial charge in [0.2, 0.25) is 17.6 Å². The first-order chi connectivity index (χ1) is 9.95. The van der Waals surface area contributed by atoms with Crippen molar-refractivity contribution < 1.29 is 14.9 Å². The normalized spacial score (nSPS) is 10.7. The van der Waals surface area contributed by atoms with Gasteiger partial charge in [0, 0.05) is 19.5 Å². The second-order valence-electron chi connectivity index (χ2n) is 4.77. The van der Waals surface area contributed by atoms with Crippen LogP contribution >= 0.6 is 0 Å². The molecule has 118 valence electrons. The molecule has 10 heteroatoms. The fourth-order valence-electron chi connectivity index (χ4n) is 1.67. The van der Waals surface area contributed by atoms with Crippen molar-refractivity contribution >= 4 is 23.3 Å². The molecule has 0 aliphatic rings. The molecule has 0 unspecified atom stereocenters. The third-order valence-corrected chi connectivity index (χ3v) is 2.63. The minimum atomic E-state index is -0.645. The van der Waals surface area contributed by atoms with E-state index in [2.05, 4.69) is 34.7 Å². The number of nitrogens with two attached hydrogens (primary N) is 1. The number of nitrogens with one attached hydrogen (secondary N) is 3. The van der Waals surface area contributed by atoms with Crippen LogP contribution in [0.1, 0.15) is 6.42 Å². The molecule has 0 atom stereocenters. The first kappa shape index (κ1) is 16.9. The summed E-state index contributed by atoms with van der Waals surface area (Å²) in [5.41, 5.74) is 5.23. The summed E-state index contributed by atoms with van der Waals surface area (Å²) in [6, 6.07) is 0. The van der Waals surface area contributed by atoms with Crippen molar-refractivity contribution in [2.45, 2.75) is 6.42 Å². The molecule has 0 amide bonds. The third kappa shape index (κ3) is 5.36. The second kappa shape index (κ2) is 8.17. The highest BCUT2D eigenvalue weighted by atomic mass is 16.6. The summed E-state index contributed by atoms with van der Waals surface area (Å²) in [5.74, 6) is 0.0192. The zero-order valence-electron chi connectivity index (χ0n) is 12.2. The lowest BCUT2D eigenvalue weighted by atomic mass is 10.4. The molecule has 1 aromatic rings. The summed E-state index contributed by atoms with van der Waals surface area (Å²) in [4.78, 5) is 19.6. The van der Waals surface area contributed by atoms with Crippen LogP contribution in [0.5, 0.6) is 0 Å². The Hall–Kier alpha value is -2.20. The Bertz CT molecular complexity index is 481. The van der Waals surface area contributed by atoms with Crippen LogP contribution in [-0.4, -0.2) is 60.3 Å². The maximum atomic E-state index is 11.0. The van der Waals surface area contributed by atoms with Gasteiger partial charge in [-0.15, -0.1) is 0 Å². The minimum Gasteiger partial charge on any atom is -0.395 e. The minimum absolute atomic E-state index is 0.00212. The van der Waals surface area contributed by atoms with Crippen LogP contribution in [0.15, 0.2) is 0 Å². The summed E-state index contributed by atoms with van der Waals surface area (Å²) in [6.07, 6.45) is 0.905. The van der Waals surface area contributed by atoms with Gasteiger partial charge in [-0.1, -0.05) is 0 Å². The van der Waals surface area contributed by atoms with E-state index in [0.29, 0.717) is 6.54 Å². The molecular weight excluding hydrogens is 278 g/mol. The topological polar surface area (TPSA) is 144 Å². The fraction of sp³-hybridized carbons (Fsp3) is 0.636. The van der Waals surface area contributed by atoms with Crippen molar-refractivity contribution in [2.24, 2.45) is 0 Å². The number of hydrogen-bond acceptors (Lipinski definition) is 8. The lowest BCUT2D eigenvalue weighted by molar-refractivity contribution is -0.858. The molecule has 6 N–H and O–H groups in total. The maximum absolute atomic E-state index is 11.0. The molecule has 0 spiro atoms. The van der Waals surface area contributed by atoms with Gasteiger partial charge in [0.1, 0.15) is 0 Å². The Morgan fingerprint density at radius 3 is 2.62 bits per heavy atom. The quantitative estimate of drug-likeness (QED) is 0.207. The average Bonchev–Trinajstić information content (AvgIpc) is 2.40. The standard InChI is InChI=1S/C11H21N7O3/c1-17(2)6-3-4-14-11-15-9(12)8(18(20)21)10(16-11)13-5-7-19/h19H,3-7H2,1-2H3,(H4,12,13,14,15,16)/p+1. The molecule has 1 heterocycles. The molecule has 0 fully saturated rings. The molecule has 10 nitrogen and oxygen atoms in total. The summed E-state index contributed by atoms with van der Waals surface area (Å²) in [5, 5.41) is 25.4. The molecule has 0 bridgehead atoms.